The highest BCUT2D eigenvalue weighted by atomic mass is 15.3. The van der Waals surface area contributed by atoms with Gasteiger partial charge in [-0.2, -0.15) is 5.10 Å². The van der Waals surface area contributed by atoms with Crippen molar-refractivity contribution in [3.05, 3.63) is 47.8 Å². The molecule has 0 aliphatic heterocycles. The van der Waals surface area contributed by atoms with E-state index >= 15 is 0 Å². The number of nitrogens with two attached hydrogens (primary N) is 1. The Morgan fingerprint density at radius 3 is 2.42 bits per heavy atom. The molecule has 0 amide bonds. The Labute approximate surface area is 114 Å². The molecule has 0 bridgehead atoms. The number of rotatable bonds is 4. The molecule has 3 rings (SSSR count). The second-order valence-corrected chi connectivity index (χ2v) is 5.88. The fraction of sp³-hybridized carbons (Fsp3) is 0.438. The number of hydrogen-bond acceptors (Lipinski definition) is 2. The molecule has 2 aromatic rings. The molecular weight excluding hydrogens is 234 g/mol. The van der Waals surface area contributed by atoms with Crippen LogP contribution in [-0.2, 0) is 5.41 Å². The summed E-state index contributed by atoms with van der Waals surface area (Å²) < 4.78 is 1.95. The Bertz CT molecular complexity index is 562. The van der Waals surface area contributed by atoms with Crippen molar-refractivity contribution in [3.8, 4) is 5.69 Å². The molecule has 1 aromatic carbocycles. The van der Waals surface area contributed by atoms with Crippen LogP contribution in [0.15, 0.2) is 36.5 Å². The molecule has 3 nitrogen and oxygen atoms in total. The summed E-state index contributed by atoms with van der Waals surface area (Å²) in [7, 11) is 0. The minimum Gasteiger partial charge on any atom is -0.330 e. The molecule has 1 aliphatic carbocycles. The van der Waals surface area contributed by atoms with Crippen molar-refractivity contribution in [1.29, 1.82) is 0 Å². The van der Waals surface area contributed by atoms with Gasteiger partial charge in [0.25, 0.3) is 0 Å². The first-order chi connectivity index (χ1) is 9.14. The van der Waals surface area contributed by atoms with Crippen molar-refractivity contribution < 1.29 is 0 Å². The summed E-state index contributed by atoms with van der Waals surface area (Å²) in [4.78, 5) is 0. The number of benzene rings is 1. The molecule has 0 saturated heterocycles. The quantitative estimate of drug-likeness (QED) is 0.912. The fourth-order valence-corrected chi connectivity index (χ4v) is 2.48. The summed E-state index contributed by atoms with van der Waals surface area (Å²) >= 11 is 0. The standard InChI is InChI=1S/C16H21N3/c1-12(2)13-3-5-14(6-4-13)19-10-7-15(18-19)16(11-17)8-9-16/h3-7,10,12H,8-9,11,17H2,1-2H3. The molecule has 1 heterocycles. The lowest BCUT2D eigenvalue weighted by molar-refractivity contribution is 0.661. The van der Waals surface area contributed by atoms with Gasteiger partial charge in [0, 0.05) is 18.2 Å². The van der Waals surface area contributed by atoms with Crippen LogP contribution in [0.4, 0.5) is 0 Å². The van der Waals surface area contributed by atoms with Gasteiger partial charge < -0.3 is 5.73 Å². The molecule has 0 unspecified atom stereocenters. The van der Waals surface area contributed by atoms with Crippen molar-refractivity contribution in [2.75, 3.05) is 6.54 Å². The molecule has 2 N–H and O–H groups in total. The zero-order valence-corrected chi connectivity index (χ0v) is 11.6. The van der Waals surface area contributed by atoms with E-state index in [0.717, 1.165) is 11.4 Å². The largest absolute Gasteiger partial charge is 0.330 e. The van der Waals surface area contributed by atoms with E-state index in [1.807, 2.05) is 10.9 Å². The van der Waals surface area contributed by atoms with E-state index in [9.17, 15) is 0 Å². The monoisotopic (exact) mass is 255 g/mol. The average molecular weight is 255 g/mol. The molecule has 19 heavy (non-hydrogen) atoms. The predicted molar refractivity (Wildman–Crippen MR) is 77.6 cm³/mol. The third-order valence-electron chi connectivity index (χ3n) is 4.20. The summed E-state index contributed by atoms with van der Waals surface area (Å²) in [6.07, 6.45) is 4.38. The molecule has 0 spiro atoms. The van der Waals surface area contributed by atoms with Crippen LogP contribution in [0.5, 0.6) is 0 Å². The first kappa shape index (κ1) is 12.4. The summed E-state index contributed by atoms with van der Waals surface area (Å²) in [5, 5.41) is 4.70. The number of aromatic nitrogens is 2. The third kappa shape index (κ3) is 2.19. The van der Waals surface area contributed by atoms with E-state index < -0.39 is 0 Å². The van der Waals surface area contributed by atoms with Gasteiger partial charge in [0.15, 0.2) is 0 Å². The Balaban J connectivity index is 1.86. The van der Waals surface area contributed by atoms with Crippen molar-refractivity contribution in [1.82, 2.24) is 9.78 Å². The van der Waals surface area contributed by atoms with Crippen LogP contribution in [0.2, 0.25) is 0 Å². The highest BCUT2D eigenvalue weighted by Crippen LogP contribution is 2.46. The number of nitrogens with zero attached hydrogens (tertiary/aromatic N) is 2. The zero-order chi connectivity index (χ0) is 13.5. The van der Waals surface area contributed by atoms with E-state index in [4.69, 9.17) is 10.8 Å². The van der Waals surface area contributed by atoms with Gasteiger partial charge in [-0.25, -0.2) is 4.68 Å². The lowest BCUT2D eigenvalue weighted by Gasteiger charge is -2.09. The first-order valence-electron chi connectivity index (χ1n) is 7.01. The molecule has 1 aromatic heterocycles. The molecule has 1 fully saturated rings. The smallest absolute Gasteiger partial charge is 0.0703 e. The number of hydrogen-bond donors (Lipinski definition) is 1. The van der Waals surface area contributed by atoms with Gasteiger partial charge in [-0.15, -0.1) is 0 Å². The molecule has 3 heteroatoms. The van der Waals surface area contributed by atoms with Crippen LogP contribution < -0.4 is 5.73 Å². The summed E-state index contributed by atoms with van der Waals surface area (Å²) in [5.74, 6) is 0.564. The van der Waals surface area contributed by atoms with Gasteiger partial charge in [-0.3, -0.25) is 0 Å². The van der Waals surface area contributed by atoms with E-state index in [2.05, 4.69) is 44.2 Å². The first-order valence-corrected chi connectivity index (χ1v) is 7.01. The highest BCUT2D eigenvalue weighted by molar-refractivity contribution is 5.36. The van der Waals surface area contributed by atoms with Crippen molar-refractivity contribution in [3.63, 3.8) is 0 Å². The van der Waals surface area contributed by atoms with Gasteiger partial charge in [-0.1, -0.05) is 26.0 Å². The normalized spacial score (nSPS) is 16.8. The predicted octanol–water partition coefficient (Wildman–Crippen LogP) is 2.99. The Kier molecular flexibility index (Phi) is 2.94. The Morgan fingerprint density at radius 1 is 1.21 bits per heavy atom. The second kappa shape index (κ2) is 4.49. The van der Waals surface area contributed by atoms with E-state index in [0.29, 0.717) is 12.5 Å². The van der Waals surface area contributed by atoms with Gasteiger partial charge in [-0.05, 0) is 42.5 Å². The van der Waals surface area contributed by atoms with E-state index in [1.165, 1.54) is 18.4 Å². The Morgan fingerprint density at radius 2 is 1.89 bits per heavy atom. The van der Waals surface area contributed by atoms with Gasteiger partial charge in [0.05, 0.1) is 11.4 Å². The maximum atomic E-state index is 5.85. The second-order valence-electron chi connectivity index (χ2n) is 5.88. The minimum atomic E-state index is 0.170. The molecule has 100 valence electrons. The molecule has 0 radical (unpaired) electrons. The summed E-state index contributed by atoms with van der Waals surface area (Å²) in [6.45, 7) is 5.12. The van der Waals surface area contributed by atoms with Gasteiger partial charge >= 0.3 is 0 Å². The summed E-state index contributed by atoms with van der Waals surface area (Å²) in [5.41, 5.74) is 9.64. The molecule has 1 aliphatic rings. The van der Waals surface area contributed by atoms with Crippen LogP contribution >= 0.6 is 0 Å². The van der Waals surface area contributed by atoms with Crippen molar-refractivity contribution in [2.24, 2.45) is 5.73 Å². The summed E-state index contributed by atoms with van der Waals surface area (Å²) in [6, 6.07) is 10.7. The van der Waals surface area contributed by atoms with E-state index in [-0.39, 0.29) is 5.41 Å². The SMILES string of the molecule is CC(C)c1ccc(-n2ccc(C3(CN)CC3)n2)cc1. The lowest BCUT2D eigenvalue weighted by atomic mass is 10.0. The molecule has 0 atom stereocenters. The minimum absolute atomic E-state index is 0.170. The van der Waals surface area contributed by atoms with Crippen molar-refractivity contribution in [2.45, 2.75) is 38.0 Å². The van der Waals surface area contributed by atoms with Crippen molar-refractivity contribution >= 4 is 0 Å². The molecular formula is C16H21N3. The van der Waals surface area contributed by atoms with Gasteiger partial charge in [0.2, 0.25) is 0 Å². The van der Waals surface area contributed by atoms with Crippen LogP contribution in [0.1, 0.15) is 43.9 Å². The highest BCUT2D eigenvalue weighted by Gasteiger charge is 2.44. The van der Waals surface area contributed by atoms with Gasteiger partial charge in [0.1, 0.15) is 0 Å². The van der Waals surface area contributed by atoms with Crippen LogP contribution in [0.25, 0.3) is 5.69 Å². The topological polar surface area (TPSA) is 43.8 Å². The average Bonchev–Trinajstić information content (AvgIpc) is 3.08. The fourth-order valence-electron chi connectivity index (χ4n) is 2.48. The Hall–Kier alpha value is -1.61. The molecule has 1 saturated carbocycles. The zero-order valence-electron chi connectivity index (χ0n) is 11.6. The van der Waals surface area contributed by atoms with Crippen LogP contribution in [0.3, 0.4) is 0 Å². The van der Waals surface area contributed by atoms with E-state index in [1.54, 1.807) is 0 Å². The van der Waals surface area contributed by atoms with Crippen LogP contribution in [0, 0.1) is 0 Å². The third-order valence-corrected chi connectivity index (χ3v) is 4.20. The van der Waals surface area contributed by atoms with Crippen LogP contribution in [-0.4, -0.2) is 16.3 Å². The lowest BCUT2D eigenvalue weighted by Crippen LogP contribution is -2.20. The maximum absolute atomic E-state index is 5.85. The maximum Gasteiger partial charge on any atom is 0.0703 e.